The van der Waals surface area contributed by atoms with E-state index in [1.807, 2.05) is 26.8 Å². The van der Waals surface area contributed by atoms with Gasteiger partial charge in [0.15, 0.2) is 10.8 Å². The number of hydrogen-bond acceptors (Lipinski definition) is 4. The summed E-state index contributed by atoms with van der Waals surface area (Å²) in [5.41, 5.74) is 2.30. The summed E-state index contributed by atoms with van der Waals surface area (Å²) < 4.78 is 14.9. The highest BCUT2D eigenvalue weighted by molar-refractivity contribution is 7.99. The number of pyridine rings is 1. The zero-order chi connectivity index (χ0) is 17.4. The second-order valence-corrected chi connectivity index (χ2v) is 6.98. The SMILES string of the molecule is CCSc1nc2nc(C)cc(C)c2c(=O)n1-c1ccc(F)c(Cl)c1. The van der Waals surface area contributed by atoms with Gasteiger partial charge in [-0.05, 0) is 49.4 Å². The fourth-order valence-corrected chi connectivity index (χ4v) is 3.48. The van der Waals surface area contributed by atoms with Crippen LogP contribution in [0.25, 0.3) is 16.7 Å². The topological polar surface area (TPSA) is 47.8 Å². The van der Waals surface area contributed by atoms with Gasteiger partial charge in [-0.15, -0.1) is 0 Å². The minimum atomic E-state index is -0.527. The summed E-state index contributed by atoms with van der Waals surface area (Å²) >= 11 is 7.31. The molecular formula is C17H15ClFN3OS. The molecule has 0 fully saturated rings. The second kappa shape index (κ2) is 6.53. The quantitative estimate of drug-likeness (QED) is 0.514. The fraction of sp³-hybridized carbons (Fsp3) is 0.235. The molecule has 0 N–H and O–H groups in total. The summed E-state index contributed by atoms with van der Waals surface area (Å²) in [5, 5.41) is 0.933. The van der Waals surface area contributed by atoms with Crippen molar-refractivity contribution in [3.63, 3.8) is 0 Å². The molecule has 24 heavy (non-hydrogen) atoms. The maximum absolute atomic E-state index is 13.5. The molecule has 4 nitrogen and oxygen atoms in total. The van der Waals surface area contributed by atoms with E-state index < -0.39 is 5.82 Å². The van der Waals surface area contributed by atoms with Crippen molar-refractivity contribution < 1.29 is 4.39 Å². The van der Waals surface area contributed by atoms with Crippen LogP contribution in [-0.4, -0.2) is 20.3 Å². The smallest absolute Gasteiger partial charge is 0.268 e. The molecule has 7 heteroatoms. The van der Waals surface area contributed by atoms with Crippen molar-refractivity contribution >= 4 is 34.4 Å². The summed E-state index contributed by atoms with van der Waals surface area (Å²) in [6, 6.07) is 6.05. The normalized spacial score (nSPS) is 11.2. The minimum absolute atomic E-state index is 0.0364. The Hall–Kier alpha value is -1.92. The Bertz CT molecular complexity index is 1000. The lowest BCUT2D eigenvalue weighted by molar-refractivity contribution is 0.627. The standard InChI is InChI=1S/C17H15ClFN3OS/c1-4-24-17-21-15-14(9(2)7-10(3)20-15)16(23)22(17)11-5-6-13(19)12(18)8-11/h5-8H,4H2,1-3H3. The largest absolute Gasteiger partial charge is 0.268 e. The first-order chi connectivity index (χ1) is 11.4. The number of aromatic nitrogens is 3. The van der Waals surface area contributed by atoms with Crippen LogP contribution >= 0.6 is 23.4 Å². The molecule has 2 heterocycles. The third-order valence-electron chi connectivity index (χ3n) is 3.57. The number of fused-ring (bicyclic) bond motifs is 1. The van der Waals surface area contributed by atoms with Crippen LogP contribution in [0.2, 0.25) is 5.02 Å². The zero-order valence-corrected chi connectivity index (χ0v) is 15.0. The number of thioether (sulfide) groups is 1. The average Bonchev–Trinajstić information content (AvgIpc) is 2.50. The first-order valence-electron chi connectivity index (χ1n) is 7.41. The Morgan fingerprint density at radius 1 is 1.25 bits per heavy atom. The van der Waals surface area contributed by atoms with Gasteiger partial charge in [0.2, 0.25) is 0 Å². The van der Waals surface area contributed by atoms with Crippen LogP contribution in [-0.2, 0) is 0 Å². The van der Waals surface area contributed by atoms with Crippen LogP contribution in [0.15, 0.2) is 34.2 Å². The average molecular weight is 364 g/mol. The van der Waals surface area contributed by atoms with Crippen molar-refractivity contribution in [3.8, 4) is 5.69 Å². The summed E-state index contributed by atoms with van der Waals surface area (Å²) in [5.74, 6) is 0.206. The van der Waals surface area contributed by atoms with Crippen LogP contribution in [0.3, 0.4) is 0 Å². The molecule has 0 saturated heterocycles. The van der Waals surface area contributed by atoms with Gasteiger partial charge in [0.25, 0.3) is 5.56 Å². The van der Waals surface area contributed by atoms with Crippen molar-refractivity contribution in [2.45, 2.75) is 25.9 Å². The molecule has 0 amide bonds. The predicted molar refractivity (Wildman–Crippen MR) is 96.0 cm³/mol. The molecule has 3 rings (SSSR count). The van der Waals surface area contributed by atoms with Gasteiger partial charge < -0.3 is 0 Å². The molecule has 2 aromatic heterocycles. The first kappa shape index (κ1) is 16.9. The minimum Gasteiger partial charge on any atom is -0.268 e. The molecule has 3 aromatic rings. The van der Waals surface area contributed by atoms with Gasteiger partial charge in [0.1, 0.15) is 5.82 Å². The number of hydrogen-bond donors (Lipinski definition) is 0. The van der Waals surface area contributed by atoms with Crippen molar-refractivity contribution in [1.29, 1.82) is 0 Å². The molecule has 0 radical (unpaired) electrons. The van der Waals surface area contributed by atoms with E-state index in [4.69, 9.17) is 11.6 Å². The van der Waals surface area contributed by atoms with Gasteiger partial charge in [-0.2, -0.15) is 0 Å². The van der Waals surface area contributed by atoms with Gasteiger partial charge in [0.05, 0.1) is 16.1 Å². The molecular weight excluding hydrogens is 349 g/mol. The van der Waals surface area contributed by atoms with E-state index in [2.05, 4.69) is 9.97 Å². The molecule has 0 atom stereocenters. The van der Waals surface area contributed by atoms with E-state index >= 15 is 0 Å². The summed E-state index contributed by atoms with van der Waals surface area (Å²) in [7, 11) is 0. The van der Waals surface area contributed by atoms with E-state index in [0.29, 0.717) is 21.9 Å². The lowest BCUT2D eigenvalue weighted by atomic mass is 10.2. The van der Waals surface area contributed by atoms with Crippen LogP contribution in [0.5, 0.6) is 0 Å². The Labute approximate surface area is 147 Å². The van der Waals surface area contributed by atoms with E-state index in [9.17, 15) is 9.18 Å². The highest BCUT2D eigenvalue weighted by Crippen LogP contribution is 2.24. The molecule has 0 spiro atoms. The summed E-state index contributed by atoms with van der Waals surface area (Å²) in [4.78, 5) is 22.0. The Kier molecular flexibility index (Phi) is 4.60. The lowest BCUT2D eigenvalue weighted by Gasteiger charge is -2.14. The van der Waals surface area contributed by atoms with E-state index in [1.54, 1.807) is 0 Å². The van der Waals surface area contributed by atoms with Crippen molar-refractivity contribution in [2.75, 3.05) is 5.75 Å². The van der Waals surface area contributed by atoms with Crippen LogP contribution < -0.4 is 5.56 Å². The molecule has 1 aromatic carbocycles. The Morgan fingerprint density at radius 2 is 2.00 bits per heavy atom. The van der Waals surface area contributed by atoms with Crippen LogP contribution in [0, 0.1) is 19.7 Å². The monoisotopic (exact) mass is 363 g/mol. The number of nitrogens with zero attached hydrogens (tertiary/aromatic N) is 3. The molecule has 0 aliphatic rings. The second-order valence-electron chi connectivity index (χ2n) is 5.35. The molecule has 0 bridgehead atoms. The Morgan fingerprint density at radius 3 is 2.67 bits per heavy atom. The maximum atomic E-state index is 13.5. The highest BCUT2D eigenvalue weighted by Gasteiger charge is 2.16. The van der Waals surface area contributed by atoms with Crippen molar-refractivity contribution in [2.24, 2.45) is 0 Å². The third-order valence-corrected chi connectivity index (χ3v) is 4.68. The lowest BCUT2D eigenvalue weighted by Crippen LogP contribution is -2.23. The number of aryl methyl sites for hydroxylation is 2. The highest BCUT2D eigenvalue weighted by atomic mass is 35.5. The maximum Gasteiger partial charge on any atom is 0.268 e. The number of benzene rings is 1. The van der Waals surface area contributed by atoms with Crippen LogP contribution in [0.4, 0.5) is 4.39 Å². The molecule has 124 valence electrons. The molecule has 0 unspecified atom stereocenters. The fourth-order valence-electron chi connectivity index (χ4n) is 2.58. The summed E-state index contributed by atoms with van der Waals surface area (Å²) in [6.45, 7) is 5.69. The summed E-state index contributed by atoms with van der Waals surface area (Å²) in [6.07, 6.45) is 0. The van der Waals surface area contributed by atoms with E-state index in [1.165, 1.54) is 34.5 Å². The van der Waals surface area contributed by atoms with Gasteiger partial charge in [-0.1, -0.05) is 30.3 Å². The van der Waals surface area contributed by atoms with Gasteiger partial charge in [-0.25, -0.2) is 14.4 Å². The molecule has 0 aliphatic carbocycles. The van der Waals surface area contributed by atoms with Crippen molar-refractivity contribution in [1.82, 2.24) is 14.5 Å². The van der Waals surface area contributed by atoms with Gasteiger partial charge >= 0.3 is 0 Å². The molecule has 0 saturated carbocycles. The number of rotatable bonds is 3. The number of halogens is 2. The van der Waals surface area contributed by atoms with Crippen molar-refractivity contribution in [3.05, 3.63) is 56.7 Å². The third kappa shape index (κ3) is 2.91. The molecule has 0 aliphatic heterocycles. The zero-order valence-electron chi connectivity index (χ0n) is 13.4. The van der Waals surface area contributed by atoms with Gasteiger partial charge in [-0.3, -0.25) is 9.36 Å². The first-order valence-corrected chi connectivity index (χ1v) is 8.78. The van der Waals surface area contributed by atoms with Crippen LogP contribution in [0.1, 0.15) is 18.2 Å². The predicted octanol–water partition coefficient (Wildman–Crippen LogP) is 4.30. The van der Waals surface area contributed by atoms with E-state index in [-0.39, 0.29) is 10.6 Å². The van der Waals surface area contributed by atoms with Gasteiger partial charge in [0, 0.05) is 5.69 Å². The van der Waals surface area contributed by atoms with E-state index in [0.717, 1.165) is 17.0 Å². The Balaban J connectivity index is 2.40.